The topological polar surface area (TPSA) is 75.0 Å². The summed E-state index contributed by atoms with van der Waals surface area (Å²) >= 11 is 0. The summed E-state index contributed by atoms with van der Waals surface area (Å²) in [7, 11) is 0. The molecule has 1 aliphatic heterocycles. The molecule has 3 rings (SSSR count). The van der Waals surface area contributed by atoms with Crippen LogP contribution >= 0.6 is 0 Å². The van der Waals surface area contributed by atoms with Crippen LogP contribution in [0.3, 0.4) is 0 Å². The summed E-state index contributed by atoms with van der Waals surface area (Å²) in [6.45, 7) is 6.92. The van der Waals surface area contributed by atoms with E-state index < -0.39 is 0 Å². The minimum atomic E-state index is -0.0843. The van der Waals surface area contributed by atoms with E-state index >= 15 is 0 Å². The lowest BCUT2D eigenvalue weighted by molar-refractivity contribution is 0.178. The fourth-order valence-corrected chi connectivity index (χ4v) is 2.94. The van der Waals surface area contributed by atoms with Gasteiger partial charge in [-0.05, 0) is 25.3 Å². The van der Waals surface area contributed by atoms with Crippen molar-refractivity contribution in [3.05, 3.63) is 46.0 Å². The number of nitrogens with zero attached hydrogens (tertiary/aromatic N) is 3. The highest BCUT2D eigenvalue weighted by Gasteiger charge is 2.23. The van der Waals surface area contributed by atoms with Gasteiger partial charge in [-0.2, -0.15) is 0 Å². The Bertz CT molecular complexity index is 677. The predicted molar refractivity (Wildman–Crippen MR) is 82.7 cm³/mol. The van der Waals surface area contributed by atoms with Gasteiger partial charge in [-0.15, -0.1) is 0 Å². The Hall–Kier alpha value is -1.95. The third kappa shape index (κ3) is 3.44. The lowest BCUT2D eigenvalue weighted by Gasteiger charge is -2.31. The second kappa shape index (κ2) is 6.44. The van der Waals surface area contributed by atoms with Gasteiger partial charge in [0, 0.05) is 24.6 Å². The van der Waals surface area contributed by atoms with E-state index in [4.69, 9.17) is 4.52 Å². The van der Waals surface area contributed by atoms with E-state index in [0.29, 0.717) is 11.8 Å². The maximum Gasteiger partial charge on any atom is 0.250 e. The molecule has 0 bridgehead atoms. The fourth-order valence-electron chi connectivity index (χ4n) is 2.94. The molecule has 0 aromatic carbocycles. The SMILES string of the molecule is CC(C)c1cc(CN2CCCC(c3cc(=O)[nH]cn3)C2)on1. The van der Waals surface area contributed by atoms with E-state index in [0.717, 1.165) is 49.6 Å². The quantitative estimate of drug-likeness (QED) is 0.937. The highest BCUT2D eigenvalue weighted by molar-refractivity contribution is 5.11. The van der Waals surface area contributed by atoms with Crippen LogP contribution in [0.2, 0.25) is 0 Å². The average Bonchev–Trinajstić information content (AvgIpc) is 2.96. The number of aromatic nitrogens is 3. The Kier molecular flexibility index (Phi) is 4.38. The van der Waals surface area contributed by atoms with Crippen LogP contribution in [0.4, 0.5) is 0 Å². The Morgan fingerprint density at radius 1 is 1.45 bits per heavy atom. The van der Waals surface area contributed by atoms with Crippen molar-refractivity contribution in [3.8, 4) is 0 Å². The van der Waals surface area contributed by atoms with Crippen molar-refractivity contribution in [2.45, 2.75) is 45.1 Å². The van der Waals surface area contributed by atoms with Crippen molar-refractivity contribution in [1.82, 2.24) is 20.0 Å². The van der Waals surface area contributed by atoms with Crippen LogP contribution in [-0.2, 0) is 6.54 Å². The first-order valence-electron chi connectivity index (χ1n) is 7.84. The molecule has 0 saturated carbocycles. The Balaban J connectivity index is 1.66. The van der Waals surface area contributed by atoms with Crippen molar-refractivity contribution < 1.29 is 4.52 Å². The van der Waals surface area contributed by atoms with Crippen molar-refractivity contribution in [2.75, 3.05) is 13.1 Å². The van der Waals surface area contributed by atoms with E-state index in [1.54, 1.807) is 6.07 Å². The number of H-pyrrole nitrogens is 1. The second-order valence-corrected chi connectivity index (χ2v) is 6.28. The number of nitrogens with one attached hydrogen (secondary N) is 1. The number of aromatic amines is 1. The molecular weight excluding hydrogens is 280 g/mol. The third-order valence-electron chi connectivity index (χ3n) is 4.17. The van der Waals surface area contributed by atoms with Gasteiger partial charge >= 0.3 is 0 Å². The molecule has 6 heteroatoms. The number of piperidine rings is 1. The zero-order valence-corrected chi connectivity index (χ0v) is 13.1. The van der Waals surface area contributed by atoms with Crippen molar-refractivity contribution >= 4 is 0 Å². The van der Waals surface area contributed by atoms with Gasteiger partial charge < -0.3 is 9.51 Å². The predicted octanol–water partition coefficient (Wildman–Crippen LogP) is 2.26. The summed E-state index contributed by atoms with van der Waals surface area (Å²) < 4.78 is 5.43. The van der Waals surface area contributed by atoms with E-state index in [1.807, 2.05) is 6.07 Å². The average molecular weight is 302 g/mol. The molecule has 1 aliphatic rings. The maximum atomic E-state index is 11.4. The number of likely N-dealkylation sites (tertiary alicyclic amines) is 1. The first-order chi connectivity index (χ1) is 10.6. The molecule has 1 atom stereocenters. The molecular formula is C16H22N4O2. The summed E-state index contributed by atoms with van der Waals surface area (Å²) in [4.78, 5) is 20.7. The van der Waals surface area contributed by atoms with Crippen molar-refractivity contribution in [2.24, 2.45) is 0 Å². The molecule has 1 saturated heterocycles. The fraction of sp³-hybridized carbons (Fsp3) is 0.562. The molecule has 0 radical (unpaired) electrons. The summed E-state index contributed by atoms with van der Waals surface area (Å²) in [6.07, 6.45) is 3.66. The van der Waals surface area contributed by atoms with Crippen molar-refractivity contribution in [3.63, 3.8) is 0 Å². The van der Waals surface area contributed by atoms with Gasteiger partial charge in [0.1, 0.15) is 0 Å². The van der Waals surface area contributed by atoms with E-state index in [-0.39, 0.29) is 5.56 Å². The van der Waals surface area contributed by atoms with Gasteiger partial charge in [-0.25, -0.2) is 4.98 Å². The molecule has 22 heavy (non-hydrogen) atoms. The van der Waals surface area contributed by atoms with Crippen molar-refractivity contribution in [1.29, 1.82) is 0 Å². The summed E-state index contributed by atoms with van der Waals surface area (Å²) in [5.41, 5.74) is 1.80. The Morgan fingerprint density at radius 2 is 2.32 bits per heavy atom. The smallest absolute Gasteiger partial charge is 0.250 e. The highest BCUT2D eigenvalue weighted by Crippen LogP contribution is 2.26. The van der Waals surface area contributed by atoms with Gasteiger partial charge in [-0.1, -0.05) is 19.0 Å². The third-order valence-corrected chi connectivity index (χ3v) is 4.17. The van der Waals surface area contributed by atoms with Gasteiger partial charge in [0.05, 0.1) is 24.3 Å². The Morgan fingerprint density at radius 3 is 3.05 bits per heavy atom. The first kappa shape index (κ1) is 15.0. The lowest BCUT2D eigenvalue weighted by Crippen LogP contribution is -2.34. The lowest BCUT2D eigenvalue weighted by atomic mass is 9.94. The first-order valence-corrected chi connectivity index (χ1v) is 7.84. The van der Waals surface area contributed by atoms with E-state index in [2.05, 4.69) is 33.9 Å². The minimum Gasteiger partial charge on any atom is -0.360 e. The van der Waals surface area contributed by atoms with Gasteiger partial charge in [0.2, 0.25) is 0 Å². The molecule has 0 amide bonds. The van der Waals surface area contributed by atoms with Gasteiger partial charge in [0.25, 0.3) is 5.56 Å². The van der Waals surface area contributed by atoms with Crippen LogP contribution < -0.4 is 5.56 Å². The normalized spacial score (nSPS) is 19.7. The van der Waals surface area contributed by atoms with Crippen LogP contribution in [0.15, 0.2) is 27.8 Å². The summed E-state index contributed by atoms with van der Waals surface area (Å²) in [6, 6.07) is 3.65. The highest BCUT2D eigenvalue weighted by atomic mass is 16.5. The number of rotatable bonds is 4. The number of hydrogen-bond donors (Lipinski definition) is 1. The van der Waals surface area contributed by atoms with E-state index in [9.17, 15) is 4.79 Å². The Labute approximate surface area is 129 Å². The van der Waals surface area contributed by atoms with Gasteiger partial charge in [0.15, 0.2) is 5.76 Å². The maximum absolute atomic E-state index is 11.4. The molecule has 2 aromatic heterocycles. The molecule has 0 aliphatic carbocycles. The number of hydrogen-bond acceptors (Lipinski definition) is 5. The zero-order chi connectivity index (χ0) is 15.5. The van der Waals surface area contributed by atoms with Crippen LogP contribution in [0.25, 0.3) is 0 Å². The minimum absolute atomic E-state index is 0.0843. The molecule has 1 unspecified atom stereocenters. The molecule has 6 nitrogen and oxygen atoms in total. The molecule has 1 fully saturated rings. The molecule has 118 valence electrons. The van der Waals surface area contributed by atoms with Crippen LogP contribution in [-0.4, -0.2) is 33.1 Å². The molecule has 3 heterocycles. The van der Waals surface area contributed by atoms with Crippen LogP contribution in [0.1, 0.15) is 55.7 Å². The second-order valence-electron chi connectivity index (χ2n) is 6.28. The molecule has 1 N–H and O–H groups in total. The summed E-state index contributed by atoms with van der Waals surface area (Å²) in [5.74, 6) is 1.60. The molecule has 2 aromatic rings. The zero-order valence-electron chi connectivity index (χ0n) is 13.1. The largest absolute Gasteiger partial charge is 0.360 e. The summed E-state index contributed by atoms with van der Waals surface area (Å²) in [5, 5.41) is 4.11. The molecule has 0 spiro atoms. The monoisotopic (exact) mass is 302 g/mol. The van der Waals surface area contributed by atoms with Gasteiger partial charge in [-0.3, -0.25) is 9.69 Å². The van der Waals surface area contributed by atoms with Crippen LogP contribution in [0.5, 0.6) is 0 Å². The van der Waals surface area contributed by atoms with E-state index in [1.165, 1.54) is 6.33 Å². The standard InChI is InChI=1S/C16H22N4O2/c1-11(2)14-6-13(22-19-14)9-20-5-3-4-12(8-20)15-7-16(21)18-10-17-15/h6-7,10-12H,3-5,8-9H2,1-2H3,(H,17,18,21). The van der Waals surface area contributed by atoms with Crippen LogP contribution in [0, 0.1) is 0 Å².